The van der Waals surface area contributed by atoms with Gasteiger partial charge in [-0.3, -0.25) is 0 Å². The Labute approximate surface area is 110 Å². The van der Waals surface area contributed by atoms with E-state index in [1.807, 2.05) is 0 Å². The second-order valence-corrected chi connectivity index (χ2v) is 4.23. The van der Waals surface area contributed by atoms with Crippen molar-refractivity contribution in [3.8, 4) is 0 Å². The van der Waals surface area contributed by atoms with E-state index in [1.165, 1.54) is 6.07 Å². The Morgan fingerprint density at radius 2 is 1.75 bits per heavy atom. The molecule has 0 aromatic heterocycles. The second kappa shape index (κ2) is 5.23. The Morgan fingerprint density at radius 3 is 2.25 bits per heavy atom. The average molecular weight is 304 g/mol. The van der Waals surface area contributed by atoms with E-state index in [4.69, 9.17) is 51.5 Å². The molecule has 2 nitrogen and oxygen atoms in total. The zero-order valence-corrected chi connectivity index (χ0v) is 10.4. The molecule has 0 spiro atoms. The van der Waals surface area contributed by atoms with Crippen LogP contribution in [-0.4, -0.2) is 11.1 Å². The second-order valence-electron chi connectivity index (χ2n) is 2.69. The predicted octanol–water partition coefficient (Wildman–Crippen LogP) is 4.70. The molecule has 0 atom stereocenters. The SMILES string of the molecule is O=C(O)C(F)=Cc1cc(Cl)c(Cl)c(Cl)c1Cl. The van der Waals surface area contributed by atoms with Gasteiger partial charge >= 0.3 is 5.97 Å². The summed E-state index contributed by atoms with van der Waals surface area (Å²) in [6.07, 6.45) is 0.707. The number of hydrogen-bond acceptors (Lipinski definition) is 1. The van der Waals surface area contributed by atoms with Gasteiger partial charge in [-0.2, -0.15) is 4.39 Å². The number of benzene rings is 1. The lowest BCUT2D eigenvalue weighted by atomic mass is 10.2. The van der Waals surface area contributed by atoms with Crippen LogP contribution in [0.5, 0.6) is 0 Å². The molecule has 1 N–H and O–H groups in total. The van der Waals surface area contributed by atoms with Crippen molar-refractivity contribution < 1.29 is 14.3 Å². The maximum atomic E-state index is 12.8. The molecule has 0 unspecified atom stereocenters. The topological polar surface area (TPSA) is 37.3 Å². The van der Waals surface area contributed by atoms with E-state index in [0.29, 0.717) is 6.08 Å². The molecular formula is C9H3Cl4FO2. The number of hydrogen-bond donors (Lipinski definition) is 1. The van der Waals surface area contributed by atoms with Crippen LogP contribution in [0.15, 0.2) is 11.9 Å². The minimum atomic E-state index is -1.71. The van der Waals surface area contributed by atoms with Gasteiger partial charge in [-0.1, -0.05) is 46.4 Å². The van der Waals surface area contributed by atoms with Crippen molar-refractivity contribution in [3.63, 3.8) is 0 Å². The molecule has 7 heteroatoms. The van der Waals surface area contributed by atoms with Crippen molar-refractivity contribution in [2.24, 2.45) is 0 Å². The molecule has 0 aliphatic heterocycles. The van der Waals surface area contributed by atoms with Crippen molar-refractivity contribution >= 4 is 58.4 Å². The van der Waals surface area contributed by atoms with E-state index in [0.717, 1.165) is 0 Å². The van der Waals surface area contributed by atoms with Gasteiger partial charge in [0.05, 0.1) is 20.1 Å². The highest BCUT2D eigenvalue weighted by atomic mass is 35.5. The fourth-order valence-corrected chi connectivity index (χ4v) is 1.77. The monoisotopic (exact) mass is 302 g/mol. The smallest absolute Gasteiger partial charge is 0.364 e. The van der Waals surface area contributed by atoms with Gasteiger partial charge in [-0.25, -0.2) is 4.79 Å². The van der Waals surface area contributed by atoms with Crippen molar-refractivity contribution in [3.05, 3.63) is 37.5 Å². The molecule has 1 aromatic rings. The fourth-order valence-electron chi connectivity index (χ4n) is 0.894. The molecule has 0 heterocycles. The van der Waals surface area contributed by atoms with E-state index >= 15 is 0 Å². The summed E-state index contributed by atoms with van der Waals surface area (Å²) in [6, 6.07) is 1.22. The summed E-state index contributed by atoms with van der Waals surface area (Å²) in [5.41, 5.74) is 0.0426. The van der Waals surface area contributed by atoms with Gasteiger partial charge in [0.15, 0.2) is 0 Å². The number of carbonyl (C=O) groups is 1. The van der Waals surface area contributed by atoms with Crippen LogP contribution in [0.1, 0.15) is 5.56 Å². The third-order valence-corrected chi connectivity index (χ3v) is 3.38. The summed E-state index contributed by atoms with van der Waals surface area (Å²) in [4.78, 5) is 10.3. The van der Waals surface area contributed by atoms with Crippen molar-refractivity contribution in [2.45, 2.75) is 0 Å². The maximum absolute atomic E-state index is 12.8. The van der Waals surface area contributed by atoms with Crippen LogP contribution in [0.2, 0.25) is 20.1 Å². The predicted molar refractivity (Wildman–Crippen MR) is 63.2 cm³/mol. The largest absolute Gasteiger partial charge is 0.476 e. The van der Waals surface area contributed by atoms with Crippen LogP contribution in [0.4, 0.5) is 4.39 Å². The Morgan fingerprint density at radius 1 is 1.19 bits per heavy atom. The van der Waals surface area contributed by atoms with E-state index in [9.17, 15) is 9.18 Å². The van der Waals surface area contributed by atoms with E-state index in [-0.39, 0.29) is 25.7 Å². The number of carboxylic acids is 1. The minimum absolute atomic E-state index is 0.0289. The number of rotatable bonds is 2. The first-order chi connectivity index (χ1) is 7.34. The molecule has 0 amide bonds. The van der Waals surface area contributed by atoms with Crippen molar-refractivity contribution in [2.75, 3.05) is 0 Å². The molecule has 86 valence electrons. The Bertz CT molecular complexity index is 485. The molecule has 0 saturated carbocycles. The molecule has 1 rings (SSSR count). The van der Waals surface area contributed by atoms with Crippen LogP contribution in [0, 0.1) is 0 Å². The summed E-state index contributed by atoms with van der Waals surface area (Å²) in [5.74, 6) is -3.09. The summed E-state index contributed by atoms with van der Waals surface area (Å²) in [7, 11) is 0. The highest BCUT2D eigenvalue weighted by molar-refractivity contribution is 6.52. The summed E-state index contributed by atoms with van der Waals surface area (Å²) >= 11 is 22.8. The van der Waals surface area contributed by atoms with E-state index in [1.54, 1.807) is 0 Å². The maximum Gasteiger partial charge on any atom is 0.364 e. The van der Waals surface area contributed by atoms with Gasteiger partial charge in [0.1, 0.15) is 0 Å². The third-order valence-electron chi connectivity index (χ3n) is 1.62. The molecular weight excluding hydrogens is 301 g/mol. The van der Waals surface area contributed by atoms with Crippen LogP contribution < -0.4 is 0 Å². The number of aliphatic carboxylic acids is 1. The van der Waals surface area contributed by atoms with Gasteiger partial charge in [0.25, 0.3) is 0 Å². The van der Waals surface area contributed by atoms with E-state index in [2.05, 4.69) is 0 Å². The zero-order chi connectivity index (χ0) is 12.5. The standard InChI is InChI=1S/C9H3Cl4FO2/c10-4-1-3(2-5(14)9(15)16)6(11)8(13)7(4)12/h1-2H,(H,15,16). The van der Waals surface area contributed by atoms with Crippen molar-refractivity contribution in [1.82, 2.24) is 0 Å². The molecule has 16 heavy (non-hydrogen) atoms. The van der Waals surface area contributed by atoms with Gasteiger partial charge in [0.2, 0.25) is 5.83 Å². The molecule has 0 aliphatic carbocycles. The van der Waals surface area contributed by atoms with Crippen LogP contribution >= 0.6 is 46.4 Å². The Balaban J connectivity index is 3.37. The quantitative estimate of drug-likeness (QED) is 0.489. The van der Waals surface area contributed by atoms with Gasteiger partial charge in [-0.15, -0.1) is 0 Å². The molecule has 0 saturated heterocycles. The highest BCUT2D eigenvalue weighted by Crippen LogP contribution is 2.38. The molecule has 0 bridgehead atoms. The molecule has 0 radical (unpaired) electrons. The van der Waals surface area contributed by atoms with Gasteiger partial charge in [-0.05, 0) is 17.7 Å². The Hall–Kier alpha value is -0.480. The third kappa shape index (κ3) is 2.80. The van der Waals surface area contributed by atoms with Crippen LogP contribution in [-0.2, 0) is 4.79 Å². The number of halogens is 5. The first kappa shape index (κ1) is 13.6. The average Bonchev–Trinajstić information content (AvgIpc) is 2.22. The Kier molecular flexibility index (Phi) is 4.44. The molecule has 1 aromatic carbocycles. The first-order valence-electron chi connectivity index (χ1n) is 3.78. The van der Waals surface area contributed by atoms with E-state index < -0.39 is 11.8 Å². The fraction of sp³-hybridized carbons (Fsp3) is 0. The normalized spacial score (nSPS) is 11.7. The highest BCUT2D eigenvalue weighted by Gasteiger charge is 2.14. The number of carboxylic acid groups (broad SMARTS) is 1. The van der Waals surface area contributed by atoms with Crippen LogP contribution in [0.3, 0.4) is 0 Å². The van der Waals surface area contributed by atoms with Gasteiger partial charge < -0.3 is 5.11 Å². The summed E-state index contributed by atoms with van der Waals surface area (Å²) in [5, 5.41) is 8.32. The lowest BCUT2D eigenvalue weighted by molar-refractivity contribution is -0.134. The minimum Gasteiger partial charge on any atom is -0.476 e. The molecule has 0 aliphatic rings. The first-order valence-corrected chi connectivity index (χ1v) is 5.29. The van der Waals surface area contributed by atoms with Crippen molar-refractivity contribution in [1.29, 1.82) is 0 Å². The summed E-state index contributed by atoms with van der Waals surface area (Å²) < 4.78 is 12.8. The molecule has 0 fully saturated rings. The van der Waals surface area contributed by atoms with Crippen LogP contribution in [0.25, 0.3) is 6.08 Å². The lowest BCUT2D eigenvalue weighted by Gasteiger charge is -2.05. The lowest BCUT2D eigenvalue weighted by Crippen LogP contribution is -1.94. The summed E-state index contributed by atoms with van der Waals surface area (Å²) in [6.45, 7) is 0. The van der Waals surface area contributed by atoms with Gasteiger partial charge in [0, 0.05) is 0 Å². The zero-order valence-electron chi connectivity index (χ0n) is 7.40.